The fourth-order valence-electron chi connectivity index (χ4n) is 1.71. The molecule has 0 bridgehead atoms. The van der Waals surface area contributed by atoms with Crippen LogP contribution < -0.4 is 5.73 Å². The molecule has 4 N–H and O–H groups in total. The number of nitrogens with two attached hydrogens (primary N) is 1. The van der Waals surface area contributed by atoms with Crippen LogP contribution >= 0.6 is 0 Å². The van der Waals surface area contributed by atoms with Crippen LogP contribution in [-0.4, -0.2) is 39.1 Å². The number of hydrogen-bond donors (Lipinski definition) is 3. The van der Waals surface area contributed by atoms with E-state index in [9.17, 15) is 24.5 Å². The van der Waals surface area contributed by atoms with Crippen LogP contribution in [0.3, 0.4) is 0 Å². The van der Waals surface area contributed by atoms with Crippen molar-refractivity contribution in [1.29, 1.82) is 0 Å². The van der Waals surface area contributed by atoms with Gasteiger partial charge >= 0.3 is 17.9 Å². The molecule has 0 aliphatic rings. The van der Waals surface area contributed by atoms with Crippen LogP contribution in [0.2, 0.25) is 0 Å². The SMILES string of the molecule is NC(CCC(=O)OC(C(=O)O)c1ccccc1[N+](=O)[O-])C(=O)O. The highest BCUT2D eigenvalue weighted by molar-refractivity contribution is 5.81. The van der Waals surface area contributed by atoms with Crippen LogP contribution in [0, 0.1) is 10.1 Å². The van der Waals surface area contributed by atoms with Gasteiger partial charge in [-0.2, -0.15) is 0 Å². The van der Waals surface area contributed by atoms with Gasteiger partial charge in [0.05, 0.1) is 10.5 Å². The van der Waals surface area contributed by atoms with Gasteiger partial charge in [0.2, 0.25) is 6.10 Å². The Morgan fingerprint density at radius 1 is 1.22 bits per heavy atom. The van der Waals surface area contributed by atoms with Crippen LogP contribution in [0.25, 0.3) is 0 Å². The van der Waals surface area contributed by atoms with E-state index in [-0.39, 0.29) is 12.0 Å². The lowest BCUT2D eigenvalue weighted by molar-refractivity contribution is -0.386. The molecule has 0 saturated heterocycles. The smallest absolute Gasteiger partial charge is 0.350 e. The number of carboxylic acid groups (broad SMARTS) is 2. The molecule has 1 aromatic carbocycles. The van der Waals surface area contributed by atoms with E-state index >= 15 is 0 Å². The number of benzene rings is 1. The highest BCUT2D eigenvalue weighted by Gasteiger charge is 2.31. The summed E-state index contributed by atoms with van der Waals surface area (Å²) in [7, 11) is 0. The zero-order chi connectivity index (χ0) is 17.6. The minimum atomic E-state index is -1.87. The number of carbonyl (C=O) groups is 3. The second-order valence-corrected chi connectivity index (χ2v) is 4.51. The molecule has 0 radical (unpaired) electrons. The number of rotatable bonds is 8. The Hall–Kier alpha value is -3.01. The van der Waals surface area contributed by atoms with Crippen molar-refractivity contribution in [2.45, 2.75) is 25.0 Å². The number of hydrogen-bond acceptors (Lipinski definition) is 7. The fraction of sp³-hybridized carbons (Fsp3) is 0.308. The van der Waals surface area contributed by atoms with Crippen LogP contribution in [-0.2, 0) is 19.1 Å². The Labute approximate surface area is 129 Å². The number of para-hydroxylation sites is 1. The molecular formula is C13H14N2O8. The lowest BCUT2D eigenvalue weighted by atomic mass is 10.1. The molecule has 0 aliphatic heterocycles. The second-order valence-electron chi connectivity index (χ2n) is 4.51. The maximum absolute atomic E-state index is 11.6. The summed E-state index contributed by atoms with van der Waals surface area (Å²) in [6, 6.07) is 3.66. The molecule has 0 spiro atoms. The first-order valence-corrected chi connectivity index (χ1v) is 6.38. The van der Waals surface area contributed by atoms with Gasteiger partial charge in [0.25, 0.3) is 5.69 Å². The van der Waals surface area contributed by atoms with E-state index in [2.05, 4.69) is 0 Å². The third-order valence-electron chi connectivity index (χ3n) is 2.87. The molecule has 1 rings (SSSR count). The third kappa shape index (κ3) is 5.04. The first kappa shape index (κ1) is 18.0. The molecule has 0 saturated carbocycles. The molecule has 0 fully saturated rings. The molecule has 124 valence electrons. The summed E-state index contributed by atoms with van der Waals surface area (Å²) in [6.07, 6.45) is -2.56. The lowest BCUT2D eigenvalue weighted by Gasteiger charge is -2.14. The van der Waals surface area contributed by atoms with Gasteiger partial charge in [0.1, 0.15) is 6.04 Å². The largest absolute Gasteiger partial charge is 0.480 e. The predicted octanol–water partition coefficient (Wildman–Crippen LogP) is 0.456. The van der Waals surface area contributed by atoms with Gasteiger partial charge in [0, 0.05) is 12.5 Å². The Morgan fingerprint density at radius 2 is 1.83 bits per heavy atom. The van der Waals surface area contributed by atoms with Gasteiger partial charge in [-0.3, -0.25) is 19.7 Å². The Balaban J connectivity index is 2.89. The maximum Gasteiger partial charge on any atom is 0.350 e. The van der Waals surface area contributed by atoms with Gasteiger partial charge in [-0.15, -0.1) is 0 Å². The molecular weight excluding hydrogens is 312 g/mol. The minimum Gasteiger partial charge on any atom is -0.480 e. The van der Waals surface area contributed by atoms with E-state index in [4.69, 9.17) is 20.7 Å². The lowest BCUT2D eigenvalue weighted by Crippen LogP contribution is -2.31. The summed E-state index contributed by atoms with van der Waals surface area (Å²) in [4.78, 5) is 43.5. The summed E-state index contributed by atoms with van der Waals surface area (Å²) in [5, 5.41) is 28.6. The van der Waals surface area contributed by atoms with E-state index in [0.717, 1.165) is 12.1 Å². The maximum atomic E-state index is 11.6. The van der Waals surface area contributed by atoms with Gasteiger partial charge in [0.15, 0.2) is 0 Å². The van der Waals surface area contributed by atoms with Crippen molar-refractivity contribution in [3.63, 3.8) is 0 Å². The molecule has 0 aliphatic carbocycles. The van der Waals surface area contributed by atoms with E-state index in [1.54, 1.807) is 0 Å². The molecule has 10 nitrogen and oxygen atoms in total. The fourth-order valence-corrected chi connectivity index (χ4v) is 1.71. The van der Waals surface area contributed by atoms with Crippen LogP contribution in [0.5, 0.6) is 0 Å². The quantitative estimate of drug-likeness (QED) is 0.348. The van der Waals surface area contributed by atoms with Crippen molar-refractivity contribution < 1.29 is 34.3 Å². The highest BCUT2D eigenvalue weighted by atomic mass is 16.6. The van der Waals surface area contributed by atoms with Crippen LogP contribution in [0.15, 0.2) is 24.3 Å². The van der Waals surface area contributed by atoms with Crippen molar-refractivity contribution in [3.8, 4) is 0 Å². The number of ether oxygens (including phenoxy) is 1. The average molecular weight is 326 g/mol. The zero-order valence-corrected chi connectivity index (χ0v) is 11.7. The summed E-state index contributed by atoms with van der Waals surface area (Å²) in [6.45, 7) is 0. The topological polar surface area (TPSA) is 170 Å². The van der Waals surface area contributed by atoms with Gasteiger partial charge < -0.3 is 20.7 Å². The van der Waals surface area contributed by atoms with E-state index in [1.165, 1.54) is 12.1 Å². The minimum absolute atomic E-state index is 0.253. The van der Waals surface area contributed by atoms with Crippen molar-refractivity contribution in [3.05, 3.63) is 39.9 Å². The van der Waals surface area contributed by atoms with Crippen molar-refractivity contribution >= 4 is 23.6 Å². The van der Waals surface area contributed by atoms with E-state index in [1.807, 2.05) is 0 Å². The molecule has 2 unspecified atom stereocenters. The van der Waals surface area contributed by atoms with Crippen molar-refractivity contribution in [1.82, 2.24) is 0 Å². The molecule has 23 heavy (non-hydrogen) atoms. The third-order valence-corrected chi connectivity index (χ3v) is 2.87. The number of nitrogens with zero attached hydrogens (tertiary/aromatic N) is 1. The number of esters is 1. The number of nitro benzene ring substituents is 1. The van der Waals surface area contributed by atoms with Crippen molar-refractivity contribution in [2.75, 3.05) is 0 Å². The summed E-state index contributed by atoms with van der Waals surface area (Å²) in [5.74, 6) is -3.92. The first-order valence-electron chi connectivity index (χ1n) is 6.38. The van der Waals surface area contributed by atoms with Gasteiger partial charge in [-0.05, 0) is 12.5 Å². The Morgan fingerprint density at radius 3 is 2.35 bits per heavy atom. The summed E-state index contributed by atoms with van der Waals surface area (Å²) >= 11 is 0. The number of aliphatic carboxylic acids is 2. The number of carbonyl (C=O) groups excluding carboxylic acids is 1. The van der Waals surface area contributed by atoms with Crippen LogP contribution in [0.1, 0.15) is 24.5 Å². The Bertz CT molecular complexity index is 630. The first-order chi connectivity index (χ1) is 10.7. The standard InChI is InChI=1S/C13H14N2O8/c14-8(12(17)18)5-6-10(16)23-11(13(19)20)7-3-1-2-4-9(7)15(21)22/h1-4,8,11H,5-6,14H2,(H,17,18)(H,19,20). The van der Waals surface area contributed by atoms with Crippen molar-refractivity contribution in [2.24, 2.45) is 5.73 Å². The Kier molecular flexibility index (Phi) is 6.15. The van der Waals surface area contributed by atoms with E-state index < -0.39 is 47.1 Å². The molecule has 1 aromatic rings. The second kappa shape index (κ2) is 7.84. The zero-order valence-electron chi connectivity index (χ0n) is 11.7. The summed E-state index contributed by atoms with van der Waals surface area (Å²) < 4.78 is 4.73. The summed E-state index contributed by atoms with van der Waals surface area (Å²) in [5.41, 5.74) is 4.42. The molecule has 0 aromatic heterocycles. The number of carboxylic acids is 2. The molecule has 0 heterocycles. The van der Waals surface area contributed by atoms with Crippen LogP contribution in [0.4, 0.5) is 5.69 Å². The van der Waals surface area contributed by atoms with Gasteiger partial charge in [-0.25, -0.2) is 4.79 Å². The van der Waals surface area contributed by atoms with E-state index in [0.29, 0.717) is 0 Å². The monoisotopic (exact) mass is 326 g/mol. The normalized spacial score (nSPS) is 12.9. The highest BCUT2D eigenvalue weighted by Crippen LogP contribution is 2.28. The average Bonchev–Trinajstić information content (AvgIpc) is 2.49. The molecule has 2 atom stereocenters. The molecule has 0 amide bonds. The van der Waals surface area contributed by atoms with Gasteiger partial charge in [-0.1, -0.05) is 12.1 Å². The number of nitro groups is 1. The molecule has 10 heteroatoms. The predicted molar refractivity (Wildman–Crippen MR) is 74.4 cm³/mol.